The van der Waals surface area contributed by atoms with Gasteiger partial charge in [-0.05, 0) is 55.7 Å². The summed E-state index contributed by atoms with van der Waals surface area (Å²) in [5, 5.41) is 13.2. The number of nitrogens with one attached hydrogen (secondary N) is 1. The summed E-state index contributed by atoms with van der Waals surface area (Å²) in [6, 6.07) is 5.93. The quantitative estimate of drug-likeness (QED) is 0.877. The van der Waals surface area contributed by atoms with Crippen LogP contribution in [0.25, 0.3) is 0 Å². The Labute approximate surface area is 125 Å². The Kier molecular flexibility index (Phi) is 5.44. The molecule has 0 radical (unpaired) electrons. The second kappa shape index (κ2) is 7.09. The SMILES string of the molecule is Cc1ccc(CCC(=O)NCC2CCC(O)C2)cc1Cl. The van der Waals surface area contributed by atoms with E-state index < -0.39 is 0 Å². The summed E-state index contributed by atoms with van der Waals surface area (Å²) >= 11 is 6.07. The lowest BCUT2D eigenvalue weighted by Gasteiger charge is -2.11. The van der Waals surface area contributed by atoms with Crippen LogP contribution in [0.5, 0.6) is 0 Å². The molecule has 1 fully saturated rings. The van der Waals surface area contributed by atoms with E-state index in [2.05, 4.69) is 5.32 Å². The van der Waals surface area contributed by atoms with Crippen molar-refractivity contribution in [2.24, 2.45) is 5.92 Å². The summed E-state index contributed by atoms with van der Waals surface area (Å²) < 4.78 is 0. The van der Waals surface area contributed by atoms with Gasteiger partial charge in [-0.25, -0.2) is 0 Å². The van der Waals surface area contributed by atoms with Crippen LogP contribution < -0.4 is 5.32 Å². The van der Waals surface area contributed by atoms with Crippen molar-refractivity contribution >= 4 is 17.5 Å². The van der Waals surface area contributed by atoms with E-state index in [0.29, 0.717) is 25.3 Å². The van der Waals surface area contributed by atoms with E-state index in [0.717, 1.165) is 35.4 Å². The number of benzene rings is 1. The summed E-state index contributed by atoms with van der Waals surface area (Å²) in [5.41, 5.74) is 2.15. The van der Waals surface area contributed by atoms with Gasteiger partial charge in [-0.15, -0.1) is 0 Å². The van der Waals surface area contributed by atoms with E-state index in [1.807, 2.05) is 25.1 Å². The van der Waals surface area contributed by atoms with E-state index in [-0.39, 0.29) is 12.0 Å². The fourth-order valence-corrected chi connectivity index (χ4v) is 2.83. The second-order valence-corrected chi connectivity index (χ2v) is 6.13. The lowest BCUT2D eigenvalue weighted by Crippen LogP contribution is -2.28. The summed E-state index contributed by atoms with van der Waals surface area (Å²) in [5.74, 6) is 0.505. The smallest absolute Gasteiger partial charge is 0.220 e. The van der Waals surface area contributed by atoms with Gasteiger partial charge < -0.3 is 10.4 Å². The molecule has 2 unspecified atom stereocenters. The maximum atomic E-state index is 11.8. The van der Waals surface area contributed by atoms with Crippen molar-refractivity contribution in [1.29, 1.82) is 0 Å². The number of amides is 1. The van der Waals surface area contributed by atoms with Crippen molar-refractivity contribution in [3.8, 4) is 0 Å². The van der Waals surface area contributed by atoms with Crippen LogP contribution in [0.15, 0.2) is 18.2 Å². The number of hydrogen-bond donors (Lipinski definition) is 2. The molecule has 1 aliphatic rings. The van der Waals surface area contributed by atoms with E-state index in [1.54, 1.807) is 0 Å². The Bertz CT molecular complexity index is 476. The zero-order valence-electron chi connectivity index (χ0n) is 11.9. The van der Waals surface area contributed by atoms with Crippen molar-refractivity contribution in [2.45, 2.75) is 45.1 Å². The predicted molar refractivity (Wildman–Crippen MR) is 80.9 cm³/mol. The number of aryl methyl sites for hydroxylation is 2. The fourth-order valence-electron chi connectivity index (χ4n) is 2.63. The molecule has 0 aliphatic heterocycles. The highest BCUT2D eigenvalue weighted by Crippen LogP contribution is 2.24. The third-order valence-corrected chi connectivity index (χ3v) is 4.39. The van der Waals surface area contributed by atoms with Gasteiger partial charge in [0, 0.05) is 18.0 Å². The Balaban J connectivity index is 1.70. The topological polar surface area (TPSA) is 49.3 Å². The maximum Gasteiger partial charge on any atom is 0.220 e. The summed E-state index contributed by atoms with van der Waals surface area (Å²) in [4.78, 5) is 11.8. The predicted octanol–water partition coefficient (Wildman–Crippen LogP) is 2.86. The Hall–Kier alpha value is -1.06. The molecule has 4 heteroatoms. The molecule has 110 valence electrons. The molecule has 2 atom stereocenters. The third-order valence-electron chi connectivity index (χ3n) is 3.98. The first-order valence-corrected chi connectivity index (χ1v) is 7.62. The number of rotatable bonds is 5. The molecule has 20 heavy (non-hydrogen) atoms. The zero-order valence-corrected chi connectivity index (χ0v) is 12.6. The van der Waals surface area contributed by atoms with E-state index >= 15 is 0 Å². The van der Waals surface area contributed by atoms with E-state index in [4.69, 9.17) is 11.6 Å². The first-order valence-electron chi connectivity index (χ1n) is 7.24. The minimum Gasteiger partial charge on any atom is -0.393 e. The highest BCUT2D eigenvalue weighted by molar-refractivity contribution is 6.31. The van der Waals surface area contributed by atoms with Crippen LogP contribution in [-0.4, -0.2) is 23.7 Å². The van der Waals surface area contributed by atoms with Crippen LogP contribution in [0.2, 0.25) is 5.02 Å². The molecule has 0 heterocycles. The van der Waals surface area contributed by atoms with Gasteiger partial charge in [-0.2, -0.15) is 0 Å². The molecule has 1 aromatic rings. The summed E-state index contributed by atoms with van der Waals surface area (Å²) in [6.07, 6.45) is 3.70. The van der Waals surface area contributed by atoms with Crippen LogP contribution in [0.3, 0.4) is 0 Å². The third kappa shape index (κ3) is 4.50. The van der Waals surface area contributed by atoms with Gasteiger partial charge in [0.05, 0.1) is 6.10 Å². The van der Waals surface area contributed by atoms with Gasteiger partial charge >= 0.3 is 0 Å². The molecular formula is C16H22ClNO2. The highest BCUT2D eigenvalue weighted by Gasteiger charge is 2.22. The molecule has 1 saturated carbocycles. The average molecular weight is 296 g/mol. The first kappa shape index (κ1) is 15.3. The van der Waals surface area contributed by atoms with Crippen LogP contribution in [-0.2, 0) is 11.2 Å². The molecule has 0 spiro atoms. The molecule has 2 rings (SSSR count). The molecule has 0 bridgehead atoms. The lowest BCUT2D eigenvalue weighted by atomic mass is 10.1. The monoisotopic (exact) mass is 295 g/mol. The standard InChI is InChI=1S/C16H22ClNO2/c1-11-2-3-12(9-15(11)17)5-7-16(20)18-10-13-4-6-14(19)8-13/h2-3,9,13-14,19H,4-8,10H2,1H3,(H,18,20). The molecule has 0 saturated heterocycles. The van der Waals surface area contributed by atoms with E-state index in [1.165, 1.54) is 0 Å². The van der Waals surface area contributed by atoms with Crippen LogP contribution in [0.4, 0.5) is 0 Å². The number of halogens is 1. The Morgan fingerprint density at radius 2 is 2.25 bits per heavy atom. The number of aliphatic hydroxyl groups is 1. The molecule has 2 N–H and O–H groups in total. The molecule has 1 aliphatic carbocycles. The van der Waals surface area contributed by atoms with Crippen molar-refractivity contribution in [3.05, 3.63) is 34.3 Å². The van der Waals surface area contributed by atoms with Crippen molar-refractivity contribution < 1.29 is 9.90 Å². The minimum atomic E-state index is -0.174. The highest BCUT2D eigenvalue weighted by atomic mass is 35.5. The van der Waals surface area contributed by atoms with Crippen molar-refractivity contribution in [2.75, 3.05) is 6.54 Å². The molecule has 3 nitrogen and oxygen atoms in total. The first-order chi connectivity index (χ1) is 9.54. The Morgan fingerprint density at radius 1 is 1.45 bits per heavy atom. The van der Waals surface area contributed by atoms with Gasteiger partial charge in [0.1, 0.15) is 0 Å². The Morgan fingerprint density at radius 3 is 2.90 bits per heavy atom. The number of carbonyl (C=O) groups excluding carboxylic acids is 1. The van der Waals surface area contributed by atoms with Crippen LogP contribution in [0.1, 0.15) is 36.8 Å². The number of hydrogen-bond acceptors (Lipinski definition) is 2. The minimum absolute atomic E-state index is 0.0723. The molecule has 0 aromatic heterocycles. The lowest BCUT2D eigenvalue weighted by molar-refractivity contribution is -0.121. The van der Waals surface area contributed by atoms with Gasteiger partial charge in [0.25, 0.3) is 0 Å². The molecule has 1 aromatic carbocycles. The number of aliphatic hydroxyl groups excluding tert-OH is 1. The van der Waals surface area contributed by atoms with Crippen molar-refractivity contribution in [1.82, 2.24) is 5.32 Å². The number of carbonyl (C=O) groups is 1. The second-order valence-electron chi connectivity index (χ2n) is 5.72. The van der Waals surface area contributed by atoms with Gasteiger partial charge in [0.15, 0.2) is 0 Å². The van der Waals surface area contributed by atoms with Crippen molar-refractivity contribution in [3.63, 3.8) is 0 Å². The summed E-state index contributed by atoms with van der Waals surface area (Å²) in [6.45, 7) is 2.65. The summed E-state index contributed by atoms with van der Waals surface area (Å²) in [7, 11) is 0. The van der Waals surface area contributed by atoms with Gasteiger partial charge in [-0.3, -0.25) is 4.79 Å². The molecular weight excluding hydrogens is 274 g/mol. The maximum absolute atomic E-state index is 11.8. The zero-order chi connectivity index (χ0) is 14.5. The fraction of sp³-hybridized carbons (Fsp3) is 0.562. The largest absolute Gasteiger partial charge is 0.393 e. The van der Waals surface area contributed by atoms with Gasteiger partial charge in [-0.1, -0.05) is 23.7 Å². The van der Waals surface area contributed by atoms with Gasteiger partial charge in [0.2, 0.25) is 5.91 Å². The molecule has 1 amide bonds. The van der Waals surface area contributed by atoms with Crippen LogP contribution in [0, 0.1) is 12.8 Å². The normalized spacial score (nSPS) is 21.9. The average Bonchev–Trinajstić information content (AvgIpc) is 2.83. The van der Waals surface area contributed by atoms with Crippen LogP contribution >= 0.6 is 11.6 Å². The van der Waals surface area contributed by atoms with E-state index in [9.17, 15) is 9.90 Å².